The molecule has 0 aliphatic rings. The molecule has 200 valence electrons. The molecule has 0 saturated carbocycles. The van der Waals surface area contributed by atoms with Crippen molar-refractivity contribution in [2.24, 2.45) is 0 Å². The Morgan fingerprint density at radius 2 is 1.81 bits per heavy atom. The van der Waals surface area contributed by atoms with Crippen LogP contribution in [0.15, 0.2) is 48.7 Å². The van der Waals surface area contributed by atoms with E-state index in [9.17, 15) is 15.0 Å². The number of rotatable bonds is 11. The summed E-state index contributed by atoms with van der Waals surface area (Å²) in [5.41, 5.74) is 9.65. The highest BCUT2D eigenvalue weighted by Crippen LogP contribution is 2.27. The van der Waals surface area contributed by atoms with Crippen molar-refractivity contribution in [1.82, 2.24) is 14.9 Å². The van der Waals surface area contributed by atoms with Crippen molar-refractivity contribution in [3.8, 4) is 17.0 Å². The number of nitrogens with two attached hydrogens (primary N) is 1. The van der Waals surface area contributed by atoms with Crippen LogP contribution in [0.2, 0.25) is 0 Å². The van der Waals surface area contributed by atoms with Gasteiger partial charge < -0.3 is 30.6 Å². The van der Waals surface area contributed by atoms with Gasteiger partial charge in [-0.1, -0.05) is 45.0 Å². The summed E-state index contributed by atoms with van der Waals surface area (Å²) in [6.07, 6.45) is 2.96. The molecule has 0 radical (unpaired) electrons. The molecule has 0 fully saturated rings. The van der Waals surface area contributed by atoms with Crippen LogP contribution in [0.3, 0.4) is 0 Å². The largest absolute Gasteiger partial charge is 0.489 e. The number of hydrogen-bond acceptors (Lipinski definition) is 6. The minimum Gasteiger partial charge on any atom is -0.489 e. The molecular formula is C29H40N4O4. The summed E-state index contributed by atoms with van der Waals surface area (Å²) in [5.74, 6) is 1.23. The van der Waals surface area contributed by atoms with E-state index in [-0.39, 0.29) is 36.7 Å². The van der Waals surface area contributed by atoms with Gasteiger partial charge in [-0.25, -0.2) is 4.98 Å². The van der Waals surface area contributed by atoms with Crippen molar-refractivity contribution >= 4 is 11.6 Å². The van der Waals surface area contributed by atoms with Gasteiger partial charge in [0.05, 0.1) is 24.1 Å². The van der Waals surface area contributed by atoms with Crippen LogP contribution >= 0.6 is 0 Å². The third-order valence-corrected chi connectivity index (χ3v) is 5.97. The number of imidazole rings is 1. The van der Waals surface area contributed by atoms with E-state index in [1.807, 2.05) is 48.9 Å². The molecule has 1 aromatic heterocycles. The van der Waals surface area contributed by atoms with E-state index >= 15 is 0 Å². The first-order valence-electron chi connectivity index (χ1n) is 12.8. The van der Waals surface area contributed by atoms with Crippen LogP contribution in [0.25, 0.3) is 11.3 Å². The van der Waals surface area contributed by atoms with E-state index < -0.39 is 0 Å². The highest BCUT2D eigenvalue weighted by atomic mass is 16.5. The van der Waals surface area contributed by atoms with Crippen LogP contribution < -0.4 is 15.8 Å². The molecule has 1 atom stereocenters. The molecule has 0 saturated heterocycles. The van der Waals surface area contributed by atoms with Gasteiger partial charge in [0.2, 0.25) is 0 Å². The Balaban J connectivity index is 1.71. The average Bonchev–Trinajstić information content (AvgIpc) is 3.25. The summed E-state index contributed by atoms with van der Waals surface area (Å²) in [6, 6.07) is 12.8. The van der Waals surface area contributed by atoms with Gasteiger partial charge in [0.15, 0.2) is 0 Å². The quantitative estimate of drug-likeness (QED) is 0.291. The number of aliphatic hydroxyl groups excluding tert-OH is 2. The van der Waals surface area contributed by atoms with Crippen molar-refractivity contribution in [2.45, 2.75) is 71.6 Å². The van der Waals surface area contributed by atoms with Crippen LogP contribution in [0.5, 0.6) is 5.75 Å². The van der Waals surface area contributed by atoms with Crippen molar-refractivity contribution in [3.63, 3.8) is 0 Å². The Morgan fingerprint density at radius 1 is 1.11 bits per heavy atom. The number of nitrogens with zero attached hydrogens (tertiary/aromatic N) is 2. The summed E-state index contributed by atoms with van der Waals surface area (Å²) in [4.78, 5) is 17.7. The maximum atomic E-state index is 12.9. The van der Waals surface area contributed by atoms with Gasteiger partial charge >= 0.3 is 0 Å². The fourth-order valence-corrected chi connectivity index (χ4v) is 4.23. The second-order valence-electron chi connectivity index (χ2n) is 10.6. The van der Waals surface area contributed by atoms with Crippen LogP contribution in [0.1, 0.15) is 62.8 Å². The SMILES string of the molecule is CC(C)Oc1ccc(C(=O)N[C@H](CCO)Cc2ccc(-c3cn(CCO)c(C(C)(C)C)n3)cc2)cc1N. The standard InChI is InChI=1S/C29H40N4O4/c1-19(2)37-26-11-10-22(17-24(26)30)27(36)31-23(12-14-34)16-20-6-8-21(9-7-20)25-18-33(13-15-35)28(32-25)29(3,4)5/h6-11,17-19,23,34-35H,12-16,30H2,1-5H3,(H,31,36)/t23-/m1/s1. The Morgan fingerprint density at radius 3 is 2.38 bits per heavy atom. The molecule has 5 N–H and O–H groups in total. The number of anilines is 1. The molecule has 37 heavy (non-hydrogen) atoms. The minimum absolute atomic E-state index is 0.0147. The van der Waals surface area contributed by atoms with Gasteiger partial charge in [0, 0.05) is 41.9 Å². The highest BCUT2D eigenvalue weighted by Gasteiger charge is 2.22. The van der Waals surface area contributed by atoms with E-state index in [1.165, 1.54) is 0 Å². The van der Waals surface area contributed by atoms with Crippen molar-refractivity contribution in [2.75, 3.05) is 18.9 Å². The number of hydrogen-bond donors (Lipinski definition) is 4. The third kappa shape index (κ3) is 7.57. The summed E-state index contributed by atoms with van der Waals surface area (Å²) in [7, 11) is 0. The third-order valence-electron chi connectivity index (χ3n) is 5.97. The zero-order chi connectivity index (χ0) is 27.2. The zero-order valence-electron chi connectivity index (χ0n) is 22.5. The molecule has 0 aliphatic heterocycles. The lowest BCUT2D eigenvalue weighted by Crippen LogP contribution is -2.37. The Labute approximate surface area is 219 Å². The predicted molar refractivity (Wildman–Crippen MR) is 147 cm³/mol. The molecule has 0 spiro atoms. The molecule has 0 aliphatic carbocycles. The van der Waals surface area contributed by atoms with E-state index in [1.54, 1.807) is 18.2 Å². The fraction of sp³-hybridized carbons (Fsp3) is 0.448. The minimum atomic E-state index is -0.248. The number of amides is 1. The molecule has 3 aromatic rings. The number of carbonyl (C=O) groups excluding carboxylic acids is 1. The lowest BCUT2D eigenvalue weighted by Gasteiger charge is -2.19. The maximum absolute atomic E-state index is 12.9. The first-order valence-corrected chi connectivity index (χ1v) is 12.8. The topological polar surface area (TPSA) is 123 Å². The smallest absolute Gasteiger partial charge is 0.251 e. The molecule has 3 rings (SSSR count). The van der Waals surface area contributed by atoms with Gasteiger partial charge in [0.25, 0.3) is 5.91 Å². The van der Waals surface area contributed by atoms with Crippen LogP contribution in [-0.4, -0.2) is 51.0 Å². The number of aliphatic hydroxyl groups is 2. The van der Waals surface area contributed by atoms with Crippen LogP contribution in [-0.2, 0) is 18.4 Å². The first kappa shape index (κ1) is 28.2. The Hall–Kier alpha value is -3.36. The number of aromatic nitrogens is 2. The predicted octanol–water partition coefficient (Wildman–Crippen LogP) is 3.93. The summed E-state index contributed by atoms with van der Waals surface area (Å²) in [5, 5.41) is 22.0. The molecule has 2 aromatic carbocycles. The monoisotopic (exact) mass is 508 g/mol. The number of ether oxygens (including phenoxy) is 1. The van der Waals surface area contributed by atoms with Gasteiger partial charge in [0.1, 0.15) is 11.6 Å². The second-order valence-corrected chi connectivity index (χ2v) is 10.6. The molecule has 1 amide bonds. The van der Waals surface area contributed by atoms with Gasteiger partial charge in [-0.15, -0.1) is 0 Å². The van der Waals surface area contributed by atoms with E-state index in [0.717, 1.165) is 22.6 Å². The Bertz CT molecular complexity index is 1180. The van der Waals surface area contributed by atoms with Crippen LogP contribution in [0, 0.1) is 0 Å². The molecule has 1 heterocycles. The highest BCUT2D eigenvalue weighted by molar-refractivity contribution is 5.95. The van der Waals surface area contributed by atoms with Crippen molar-refractivity contribution in [1.29, 1.82) is 0 Å². The lowest BCUT2D eigenvalue weighted by atomic mass is 9.95. The number of nitrogens with one attached hydrogen (secondary N) is 1. The van der Waals surface area contributed by atoms with Crippen molar-refractivity contribution in [3.05, 3.63) is 65.6 Å². The molecule has 0 bridgehead atoms. The van der Waals surface area contributed by atoms with E-state index in [2.05, 4.69) is 26.1 Å². The molecule has 8 nitrogen and oxygen atoms in total. The molecular weight excluding hydrogens is 468 g/mol. The van der Waals surface area contributed by atoms with Gasteiger partial charge in [-0.2, -0.15) is 0 Å². The number of carbonyl (C=O) groups is 1. The van der Waals surface area contributed by atoms with Crippen molar-refractivity contribution < 1.29 is 19.7 Å². The fourth-order valence-electron chi connectivity index (χ4n) is 4.23. The van der Waals surface area contributed by atoms with Crippen LogP contribution in [0.4, 0.5) is 5.69 Å². The maximum Gasteiger partial charge on any atom is 0.251 e. The normalized spacial score (nSPS) is 12.5. The van der Waals surface area contributed by atoms with Gasteiger partial charge in [-0.3, -0.25) is 4.79 Å². The van der Waals surface area contributed by atoms with E-state index in [0.29, 0.717) is 36.4 Å². The molecule has 8 heteroatoms. The molecule has 0 unspecified atom stereocenters. The summed E-state index contributed by atoms with van der Waals surface area (Å²) >= 11 is 0. The second kappa shape index (κ2) is 12.3. The lowest BCUT2D eigenvalue weighted by molar-refractivity contribution is 0.0930. The summed E-state index contributed by atoms with van der Waals surface area (Å²) < 4.78 is 7.65. The van der Waals surface area contributed by atoms with E-state index in [4.69, 9.17) is 15.5 Å². The number of nitrogen functional groups attached to an aromatic ring is 1. The summed E-state index contributed by atoms with van der Waals surface area (Å²) in [6.45, 7) is 10.7. The first-order chi connectivity index (χ1) is 17.5. The number of benzene rings is 2. The Kier molecular flexibility index (Phi) is 9.34. The van der Waals surface area contributed by atoms with Gasteiger partial charge in [-0.05, 0) is 50.5 Å². The average molecular weight is 509 g/mol. The zero-order valence-corrected chi connectivity index (χ0v) is 22.5.